The number of halogens is 4. The molecule has 0 fully saturated rings. The van der Waals surface area contributed by atoms with Crippen LogP contribution in [0.1, 0.15) is 6.92 Å². The molecule has 10 heteroatoms. The van der Waals surface area contributed by atoms with Crippen molar-refractivity contribution in [3.05, 3.63) is 32.4 Å². The van der Waals surface area contributed by atoms with E-state index >= 15 is 0 Å². The van der Waals surface area contributed by atoms with Crippen LogP contribution >= 0.6 is 46.4 Å². The van der Waals surface area contributed by atoms with E-state index in [1.54, 1.807) is 13.0 Å². The predicted molar refractivity (Wildman–Crippen MR) is 91.8 cm³/mol. The van der Waals surface area contributed by atoms with Gasteiger partial charge in [0.15, 0.2) is 23.7 Å². The summed E-state index contributed by atoms with van der Waals surface area (Å²) in [6, 6.07) is 0. The summed E-state index contributed by atoms with van der Waals surface area (Å²) in [7, 11) is 0. The van der Waals surface area contributed by atoms with Crippen LogP contribution in [0, 0.1) is 0 Å². The van der Waals surface area contributed by atoms with Crippen LogP contribution < -0.4 is 9.47 Å². The van der Waals surface area contributed by atoms with E-state index in [0.29, 0.717) is 0 Å². The molecule has 0 bridgehead atoms. The number of amides is 1. The van der Waals surface area contributed by atoms with Crippen LogP contribution in [-0.2, 0) is 4.74 Å². The topological polar surface area (TPSA) is 60.4 Å². The number of ether oxygens (including phenoxy) is 3. The Morgan fingerprint density at radius 1 is 1.12 bits per heavy atom. The Balaban J connectivity index is 1.95. The van der Waals surface area contributed by atoms with Crippen LogP contribution in [-0.4, -0.2) is 36.1 Å². The summed E-state index contributed by atoms with van der Waals surface area (Å²) in [5, 5.41) is 5.35. The molecule has 2 aliphatic rings. The Kier molecular flexibility index (Phi) is 5.01. The fourth-order valence-corrected chi connectivity index (χ4v) is 3.02. The molecule has 1 amide bonds. The van der Waals surface area contributed by atoms with Crippen molar-refractivity contribution in [2.24, 2.45) is 5.10 Å². The standard InChI is InChI=1S/C14H10Cl4N2O4/c1-2-22-14(21)20-4-3-6-7(5-19-20)24-13-11(18)9(16)8(15)10(17)12(13)23-6/h3-7H,2H2,1H3. The molecule has 2 unspecified atom stereocenters. The zero-order chi connectivity index (χ0) is 17.4. The highest BCUT2D eigenvalue weighted by atomic mass is 35.5. The van der Waals surface area contributed by atoms with Crippen molar-refractivity contribution in [2.45, 2.75) is 19.1 Å². The second-order valence-corrected chi connectivity index (χ2v) is 6.24. The number of rotatable bonds is 1. The molecule has 2 atom stereocenters. The molecule has 128 valence electrons. The van der Waals surface area contributed by atoms with Crippen LogP contribution in [0.3, 0.4) is 0 Å². The minimum Gasteiger partial charge on any atom is -0.476 e. The van der Waals surface area contributed by atoms with Crippen LogP contribution in [0.4, 0.5) is 4.79 Å². The van der Waals surface area contributed by atoms with Crippen molar-refractivity contribution >= 4 is 58.7 Å². The number of carbonyl (C=O) groups is 1. The molecule has 0 N–H and O–H groups in total. The van der Waals surface area contributed by atoms with Crippen LogP contribution in [0.2, 0.25) is 20.1 Å². The summed E-state index contributed by atoms with van der Waals surface area (Å²) in [6.07, 6.45) is 2.55. The number of hydrogen-bond acceptors (Lipinski definition) is 5. The highest BCUT2D eigenvalue weighted by molar-refractivity contribution is 6.53. The Hall–Kier alpha value is -1.34. The van der Waals surface area contributed by atoms with E-state index in [0.717, 1.165) is 5.01 Å². The van der Waals surface area contributed by atoms with Gasteiger partial charge in [0.25, 0.3) is 0 Å². The van der Waals surface area contributed by atoms with Gasteiger partial charge in [-0.15, -0.1) is 0 Å². The normalized spacial score (nSPS) is 21.3. The lowest BCUT2D eigenvalue weighted by Crippen LogP contribution is -2.39. The van der Waals surface area contributed by atoms with Gasteiger partial charge in [0, 0.05) is 6.20 Å². The Labute approximate surface area is 157 Å². The second kappa shape index (κ2) is 6.88. The first-order valence-electron chi connectivity index (χ1n) is 6.81. The van der Waals surface area contributed by atoms with Crippen LogP contribution in [0.25, 0.3) is 0 Å². The fraction of sp³-hybridized carbons (Fsp3) is 0.286. The first kappa shape index (κ1) is 17.5. The maximum Gasteiger partial charge on any atom is 0.434 e. The van der Waals surface area contributed by atoms with Gasteiger partial charge in [-0.1, -0.05) is 46.4 Å². The molecule has 0 saturated heterocycles. The van der Waals surface area contributed by atoms with Crippen molar-refractivity contribution in [1.29, 1.82) is 0 Å². The molecule has 2 aliphatic heterocycles. The number of hydrogen-bond donors (Lipinski definition) is 0. The van der Waals surface area contributed by atoms with E-state index in [2.05, 4.69) is 5.10 Å². The number of fused-ring (bicyclic) bond motifs is 2. The lowest BCUT2D eigenvalue weighted by Gasteiger charge is -2.31. The smallest absolute Gasteiger partial charge is 0.434 e. The summed E-state index contributed by atoms with van der Waals surface area (Å²) in [6.45, 7) is 1.93. The maximum atomic E-state index is 11.8. The molecule has 0 aromatic heterocycles. The highest BCUT2D eigenvalue weighted by Crippen LogP contribution is 2.52. The third-order valence-corrected chi connectivity index (χ3v) is 4.99. The second-order valence-electron chi connectivity index (χ2n) is 4.73. The van der Waals surface area contributed by atoms with Gasteiger partial charge in [0.2, 0.25) is 0 Å². The van der Waals surface area contributed by atoms with E-state index in [4.69, 9.17) is 60.6 Å². The zero-order valence-corrected chi connectivity index (χ0v) is 15.2. The minimum absolute atomic E-state index is 0.0680. The summed E-state index contributed by atoms with van der Waals surface area (Å²) in [5.41, 5.74) is 0. The molecule has 0 aliphatic carbocycles. The summed E-state index contributed by atoms with van der Waals surface area (Å²) < 4.78 is 16.5. The summed E-state index contributed by atoms with van der Waals surface area (Å²) >= 11 is 24.4. The van der Waals surface area contributed by atoms with Gasteiger partial charge in [-0.3, -0.25) is 0 Å². The number of benzene rings is 1. The monoisotopic (exact) mass is 410 g/mol. The van der Waals surface area contributed by atoms with E-state index in [1.807, 2.05) is 0 Å². The molecule has 0 saturated carbocycles. The van der Waals surface area contributed by atoms with Crippen molar-refractivity contribution in [3.8, 4) is 11.5 Å². The van der Waals surface area contributed by atoms with Crippen molar-refractivity contribution in [1.82, 2.24) is 5.01 Å². The maximum absolute atomic E-state index is 11.8. The predicted octanol–water partition coefficient (Wildman–Crippen LogP) is 4.78. The lowest BCUT2D eigenvalue weighted by atomic mass is 10.1. The highest BCUT2D eigenvalue weighted by Gasteiger charge is 2.36. The Morgan fingerprint density at radius 3 is 2.29 bits per heavy atom. The molecule has 6 nitrogen and oxygen atoms in total. The van der Waals surface area contributed by atoms with E-state index < -0.39 is 18.3 Å². The first-order chi connectivity index (χ1) is 11.4. The summed E-state index contributed by atoms with van der Waals surface area (Å²) in [5.74, 6) is 0.349. The number of hydrazone groups is 1. The molecule has 2 heterocycles. The van der Waals surface area contributed by atoms with Gasteiger partial charge in [-0.05, 0) is 13.0 Å². The van der Waals surface area contributed by atoms with Crippen LogP contribution in [0.15, 0.2) is 17.4 Å². The first-order valence-corrected chi connectivity index (χ1v) is 8.32. The van der Waals surface area contributed by atoms with Gasteiger partial charge in [0.1, 0.15) is 10.0 Å². The average molecular weight is 412 g/mol. The third-order valence-electron chi connectivity index (χ3n) is 3.22. The van der Waals surface area contributed by atoms with Crippen molar-refractivity contribution < 1.29 is 19.0 Å². The quantitative estimate of drug-likeness (QED) is 0.492. The van der Waals surface area contributed by atoms with Gasteiger partial charge < -0.3 is 14.2 Å². The van der Waals surface area contributed by atoms with E-state index in [-0.39, 0.29) is 38.2 Å². The average Bonchev–Trinajstić information content (AvgIpc) is 2.79. The van der Waals surface area contributed by atoms with Crippen molar-refractivity contribution in [2.75, 3.05) is 6.61 Å². The van der Waals surface area contributed by atoms with Crippen LogP contribution in [0.5, 0.6) is 11.5 Å². The molecule has 3 rings (SSSR count). The third kappa shape index (κ3) is 2.99. The van der Waals surface area contributed by atoms with E-state index in [1.165, 1.54) is 12.4 Å². The molecule has 0 radical (unpaired) electrons. The molecule has 1 aromatic rings. The van der Waals surface area contributed by atoms with Gasteiger partial charge in [-0.25, -0.2) is 4.79 Å². The number of carbonyl (C=O) groups excluding carboxylic acids is 1. The summed E-state index contributed by atoms with van der Waals surface area (Å²) in [4.78, 5) is 11.8. The fourth-order valence-electron chi connectivity index (χ4n) is 2.11. The van der Waals surface area contributed by atoms with Gasteiger partial charge in [-0.2, -0.15) is 10.1 Å². The van der Waals surface area contributed by atoms with Crippen molar-refractivity contribution in [3.63, 3.8) is 0 Å². The van der Waals surface area contributed by atoms with Gasteiger partial charge in [0.05, 0.1) is 22.9 Å². The number of nitrogens with zero attached hydrogens (tertiary/aromatic N) is 2. The molecule has 24 heavy (non-hydrogen) atoms. The molecular formula is C14H10Cl4N2O4. The zero-order valence-electron chi connectivity index (χ0n) is 12.1. The molecular weight excluding hydrogens is 402 g/mol. The minimum atomic E-state index is -0.640. The Bertz CT molecular complexity index is 700. The molecule has 0 spiro atoms. The lowest BCUT2D eigenvalue weighted by molar-refractivity contribution is 0.0916. The van der Waals surface area contributed by atoms with E-state index in [9.17, 15) is 4.79 Å². The molecule has 1 aromatic carbocycles. The Morgan fingerprint density at radius 2 is 1.71 bits per heavy atom. The SMILES string of the molecule is CCOC(=O)N1C=CC2Oc3c(Cl)c(Cl)c(Cl)c(Cl)c3OC2C=N1. The largest absolute Gasteiger partial charge is 0.476 e. The van der Waals surface area contributed by atoms with Gasteiger partial charge >= 0.3 is 6.09 Å².